The van der Waals surface area contributed by atoms with E-state index in [0.29, 0.717) is 24.4 Å². The van der Waals surface area contributed by atoms with Gasteiger partial charge in [-0.1, -0.05) is 12.1 Å². The number of likely N-dealkylation sites (tertiary alicyclic amines) is 1. The van der Waals surface area contributed by atoms with Crippen molar-refractivity contribution in [3.8, 4) is 0 Å². The molecule has 0 aliphatic carbocycles. The number of carbonyl (C=O) groups excluding carboxylic acids is 3. The first-order valence-electron chi connectivity index (χ1n) is 12.3. The molecule has 0 aromatic heterocycles. The fourth-order valence-corrected chi connectivity index (χ4v) is 5.87. The monoisotopic (exact) mass is 438 g/mol. The van der Waals surface area contributed by atoms with Gasteiger partial charge in [0.25, 0.3) is 5.91 Å². The number of piperidine rings is 3. The highest BCUT2D eigenvalue weighted by Gasteiger charge is 2.39. The molecule has 1 unspecified atom stereocenters. The van der Waals surface area contributed by atoms with E-state index in [0.717, 1.165) is 37.4 Å². The maximum absolute atomic E-state index is 12.9. The van der Waals surface area contributed by atoms with Crippen LogP contribution in [0.2, 0.25) is 0 Å². The topological polar surface area (TPSA) is 81.8 Å². The van der Waals surface area contributed by atoms with Gasteiger partial charge in [0.05, 0.1) is 0 Å². The zero-order valence-electron chi connectivity index (χ0n) is 18.8. The smallest absolute Gasteiger partial charge is 0.255 e. The Morgan fingerprint density at radius 1 is 0.969 bits per heavy atom. The minimum atomic E-state index is -0.542. The second kappa shape index (κ2) is 9.32. The standard InChI is InChI=1S/C25H34N4O3/c30-23-4-3-22(24(31)27-23)29-16-20-15-19(1-2-21(20)25(29)32)18-8-13-28(14-9-18)12-7-17-5-10-26-11-6-17/h1-2,15,17-18,22,26H,3-14,16H2,(H,27,30,31). The number of imide groups is 1. The van der Waals surface area contributed by atoms with Crippen LogP contribution in [-0.2, 0) is 16.1 Å². The summed E-state index contributed by atoms with van der Waals surface area (Å²) in [5.74, 6) is 0.735. The fourth-order valence-electron chi connectivity index (χ4n) is 5.87. The van der Waals surface area contributed by atoms with Gasteiger partial charge in [-0.15, -0.1) is 0 Å². The number of fused-ring (bicyclic) bond motifs is 1. The number of nitrogens with zero attached hydrogens (tertiary/aromatic N) is 2. The molecule has 1 aromatic carbocycles. The van der Waals surface area contributed by atoms with Crippen LogP contribution < -0.4 is 10.6 Å². The number of hydrogen-bond donors (Lipinski definition) is 2. The van der Waals surface area contributed by atoms with Crippen molar-refractivity contribution in [3.63, 3.8) is 0 Å². The average Bonchev–Trinajstić information content (AvgIpc) is 3.14. The Kier molecular flexibility index (Phi) is 6.28. The summed E-state index contributed by atoms with van der Waals surface area (Å²) >= 11 is 0. The van der Waals surface area contributed by atoms with E-state index in [-0.39, 0.29) is 24.1 Å². The summed E-state index contributed by atoms with van der Waals surface area (Å²) < 4.78 is 0. The average molecular weight is 439 g/mol. The molecule has 5 rings (SSSR count). The number of rotatable bonds is 5. The molecule has 2 N–H and O–H groups in total. The number of benzene rings is 1. The first kappa shape index (κ1) is 21.6. The molecule has 7 heteroatoms. The quantitative estimate of drug-likeness (QED) is 0.688. The van der Waals surface area contributed by atoms with Gasteiger partial charge in [0.1, 0.15) is 6.04 Å². The fraction of sp³-hybridized carbons (Fsp3) is 0.640. The summed E-state index contributed by atoms with van der Waals surface area (Å²) in [7, 11) is 0. The van der Waals surface area contributed by atoms with Crippen molar-refractivity contribution < 1.29 is 14.4 Å². The lowest BCUT2D eigenvalue weighted by Crippen LogP contribution is -2.52. The second-order valence-electron chi connectivity index (χ2n) is 9.91. The van der Waals surface area contributed by atoms with Crippen LogP contribution in [0.4, 0.5) is 0 Å². The largest absolute Gasteiger partial charge is 0.322 e. The van der Waals surface area contributed by atoms with E-state index in [1.807, 2.05) is 6.07 Å². The number of nitrogens with one attached hydrogen (secondary N) is 2. The summed E-state index contributed by atoms with van der Waals surface area (Å²) in [5, 5.41) is 5.82. The molecule has 4 aliphatic rings. The Morgan fingerprint density at radius 2 is 1.75 bits per heavy atom. The summed E-state index contributed by atoms with van der Waals surface area (Å²) in [6.07, 6.45) is 6.99. The first-order valence-corrected chi connectivity index (χ1v) is 12.3. The number of hydrogen-bond acceptors (Lipinski definition) is 5. The molecule has 32 heavy (non-hydrogen) atoms. The van der Waals surface area contributed by atoms with Crippen molar-refractivity contribution >= 4 is 17.7 Å². The minimum Gasteiger partial charge on any atom is -0.322 e. The van der Waals surface area contributed by atoms with Crippen LogP contribution in [0.3, 0.4) is 0 Å². The molecule has 3 amide bonds. The summed E-state index contributed by atoms with van der Waals surface area (Å²) in [6, 6.07) is 5.70. The Hall–Kier alpha value is -2.25. The van der Waals surface area contributed by atoms with Crippen LogP contribution in [0.1, 0.15) is 72.3 Å². The lowest BCUT2D eigenvalue weighted by Gasteiger charge is -2.33. The van der Waals surface area contributed by atoms with E-state index < -0.39 is 6.04 Å². The molecule has 0 bridgehead atoms. The third-order valence-corrected chi connectivity index (χ3v) is 7.92. The molecule has 4 aliphatic heterocycles. The molecule has 7 nitrogen and oxygen atoms in total. The highest BCUT2D eigenvalue weighted by atomic mass is 16.2. The summed E-state index contributed by atoms with van der Waals surface area (Å²) in [5.41, 5.74) is 3.04. The molecule has 3 fully saturated rings. The van der Waals surface area contributed by atoms with Crippen LogP contribution in [0.5, 0.6) is 0 Å². The van der Waals surface area contributed by atoms with Gasteiger partial charge >= 0.3 is 0 Å². The van der Waals surface area contributed by atoms with Gasteiger partial charge in [-0.25, -0.2) is 0 Å². The van der Waals surface area contributed by atoms with Crippen molar-refractivity contribution in [2.45, 2.75) is 63.5 Å². The predicted octanol–water partition coefficient (Wildman–Crippen LogP) is 2.02. The van der Waals surface area contributed by atoms with Crippen molar-refractivity contribution in [1.82, 2.24) is 20.4 Å². The van der Waals surface area contributed by atoms with Crippen LogP contribution in [-0.4, -0.2) is 66.3 Å². The molecule has 172 valence electrons. The summed E-state index contributed by atoms with van der Waals surface area (Å²) in [4.78, 5) is 40.9. The third kappa shape index (κ3) is 4.46. The molecular formula is C25H34N4O3. The number of amides is 3. The Bertz CT molecular complexity index is 887. The summed E-state index contributed by atoms with van der Waals surface area (Å²) in [6.45, 7) is 6.32. The molecular weight excluding hydrogens is 404 g/mol. The Balaban J connectivity index is 1.17. The molecule has 0 radical (unpaired) electrons. The van der Waals surface area contributed by atoms with Crippen molar-refractivity contribution in [2.75, 3.05) is 32.7 Å². The third-order valence-electron chi connectivity index (χ3n) is 7.92. The van der Waals surface area contributed by atoms with Gasteiger partial charge in [-0.2, -0.15) is 0 Å². The Morgan fingerprint density at radius 3 is 2.50 bits per heavy atom. The molecule has 0 spiro atoms. The maximum Gasteiger partial charge on any atom is 0.255 e. The zero-order valence-corrected chi connectivity index (χ0v) is 18.8. The molecule has 1 aromatic rings. The molecule has 0 saturated carbocycles. The van der Waals surface area contributed by atoms with Gasteiger partial charge in [0.2, 0.25) is 11.8 Å². The Labute approximate surface area is 189 Å². The normalized spacial score (nSPS) is 25.8. The van der Waals surface area contributed by atoms with Crippen LogP contribution in [0.25, 0.3) is 0 Å². The van der Waals surface area contributed by atoms with E-state index in [2.05, 4.69) is 27.7 Å². The van der Waals surface area contributed by atoms with Gasteiger partial charge in [0.15, 0.2) is 0 Å². The van der Waals surface area contributed by atoms with Crippen molar-refractivity contribution in [3.05, 3.63) is 34.9 Å². The molecule has 3 saturated heterocycles. The van der Waals surface area contributed by atoms with Gasteiger partial charge in [-0.3, -0.25) is 19.7 Å². The van der Waals surface area contributed by atoms with Crippen molar-refractivity contribution in [1.29, 1.82) is 0 Å². The highest BCUT2D eigenvalue weighted by molar-refractivity contribution is 6.05. The number of carbonyl (C=O) groups is 3. The molecule has 4 heterocycles. The van der Waals surface area contributed by atoms with Gasteiger partial charge < -0.3 is 15.1 Å². The zero-order chi connectivity index (χ0) is 22.1. The molecule has 1 atom stereocenters. The van der Waals surface area contributed by atoms with E-state index in [9.17, 15) is 14.4 Å². The van der Waals surface area contributed by atoms with E-state index in [4.69, 9.17) is 0 Å². The van der Waals surface area contributed by atoms with Gasteiger partial charge in [-0.05, 0) is 100 Å². The first-order chi connectivity index (χ1) is 15.6. The van der Waals surface area contributed by atoms with Crippen LogP contribution in [0, 0.1) is 5.92 Å². The predicted molar refractivity (Wildman–Crippen MR) is 121 cm³/mol. The second-order valence-corrected chi connectivity index (χ2v) is 9.91. The van der Waals surface area contributed by atoms with E-state index in [1.165, 1.54) is 44.5 Å². The van der Waals surface area contributed by atoms with E-state index >= 15 is 0 Å². The van der Waals surface area contributed by atoms with Gasteiger partial charge in [0, 0.05) is 18.5 Å². The minimum absolute atomic E-state index is 0.0891. The van der Waals surface area contributed by atoms with Crippen LogP contribution >= 0.6 is 0 Å². The SMILES string of the molecule is O=C1CCC(N2Cc3cc(C4CCN(CCC5CCNCC5)CC4)ccc3C2=O)C(=O)N1. The maximum atomic E-state index is 12.9. The lowest BCUT2D eigenvalue weighted by atomic mass is 9.87. The highest BCUT2D eigenvalue weighted by Crippen LogP contribution is 2.33. The van der Waals surface area contributed by atoms with Crippen LogP contribution in [0.15, 0.2) is 18.2 Å². The van der Waals surface area contributed by atoms with E-state index in [1.54, 1.807) is 4.90 Å². The van der Waals surface area contributed by atoms with Crippen molar-refractivity contribution in [2.24, 2.45) is 5.92 Å². The lowest BCUT2D eigenvalue weighted by molar-refractivity contribution is -0.136.